The van der Waals surface area contributed by atoms with Crippen LogP contribution in [0.25, 0.3) is 0 Å². The molecule has 1 unspecified atom stereocenters. The minimum absolute atomic E-state index is 0.0463. The Kier molecular flexibility index (Phi) is 3.34. The van der Waals surface area contributed by atoms with Gasteiger partial charge in [0.25, 0.3) is 5.91 Å². The minimum Gasteiger partial charge on any atom is -0.496 e. The van der Waals surface area contributed by atoms with Gasteiger partial charge in [-0.25, -0.2) is 0 Å². The number of methoxy groups -OCH3 is 1. The van der Waals surface area contributed by atoms with E-state index in [1.54, 1.807) is 24.1 Å². The highest BCUT2D eigenvalue weighted by Crippen LogP contribution is 2.26. The summed E-state index contributed by atoms with van der Waals surface area (Å²) in [6.07, 6.45) is 1.83. The Bertz CT molecular complexity index is 394. The number of carbonyl (C=O) groups excluding carboxylic acids is 1. The third kappa shape index (κ3) is 2.00. The summed E-state index contributed by atoms with van der Waals surface area (Å²) in [5.74, 6) is 0.554. The number of para-hydroxylation sites is 1. The largest absolute Gasteiger partial charge is 0.496 e. The molecule has 1 aromatic carbocycles. The van der Waals surface area contributed by atoms with Crippen molar-refractivity contribution in [1.82, 2.24) is 4.90 Å². The van der Waals surface area contributed by atoms with Crippen molar-refractivity contribution < 1.29 is 9.53 Å². The van der Waals surface area contributed by atoms with E-state index in [4.69, 9.17) is 16.3 Å². The Morgan fingerprint density at radius 3 is 2.88 bits per heavy atom. The van der Waals surface area contributed by atoms with E-state index < -0.39 is 0 Å². The van der Waals surface area contributed by atoms with Crippen molar-refractivity contribution >= 4 is 17.5 Å². The van der Waals surface area contributed by atoms with Crippen molar-refractivity contribution in [2.24, 2.45) is 0 Å². The Labute approximate surface area is 100.0 Å². The molecule has 1 atom stereocenters. The number of hydrogen-bond acceptors (Lipinski definition) is 2. The number of halogens is 1. The molecule has 0 radical (unpaired) electrons. The monoisotopic (exact) mass is 239 g/mol. The summed E-state index contributed by atoms with van der Waals surface area (Å²) in [5, 5.41) is 0. The number of likely N-dealkylation sites (tertiary alicyclic amines) is 1. The van der Waals surface area contributed by atoms with E-state index >= 15 is 0 Å². The van der Waals surface area contributed by atoms with Crippen LogP contribution in [0.15, 0.2) is 24.3 Å². The molecule has 1 saturated heterocycles. The Morgan fingerprint density at radius 2 is 2.25 bits per heavy atom. The Balaban J connectivity index is 2.26. The zero-order valence-electron chi connectivity index (χ0n) is 9.15. The van der Waals surface area contributed by atoms with Crippen LogP contribution in [0.4, 0.5) is 0 Å². The van der Waals surface area contributed by atoms with Gasteiger partial charge in [-0.15, -0.1) is 0 Å². The van der Waals surface area contributed by atoms with E-state index in [0.29, 0.717) is 11.3 Å². The van der Waals surface area contributed by atoms with Gasteiger partial charge in [-0.1, -0.05) is 23.7 Å². The maximum absolute atomic E-state index is 12.2. The molecule has 0 aliphatic carbocycles. The van der Waals surface area contributed by atoms with Gasteiger partial charge in [-0.2, -0.15) is 0 Å². The molecule has 0 N–H and O–H groups in total. The van der Waals surface area contributed by atoms with Crippen molar-refractivity contribution in [1.29, 1.82) is 0 Å². The van der Waals surface area contributed by atoms with Gasteiger partial charge in [0.1, 0.15) is 11.3 Å². The van der Waals surface area contributed by atoms with E-state index in [2.05, 4.69) is 0 Å². The molecular formula is C12H14ClNO2. The second kappa shape index (κ2) is 4.74. The number of ether oxygens (including phenoxy) is 1. The van der Waals surface area contributed by atoms with Gasteiger partial charge < -0.3 is 9.64 Å². The Morgan fingerprint density at radius 1 is 1.50 bits per heavy atom. The van der Waals surface area contributed by atoms with Gasteiger partial charge in [0.15, 0.2) is 0 Å². The fraction of sp³-hybridized carbons (Fsp3) is 0.417. The molecule has 1 amide bonds. The first-order chi connectivity index (χ1) is 7.74. The average molecular weight is 240 g/mol. The van der Waals surface area contributed by atoms with E-state index in [1.165, 1.54) is 0 Å². The van der Waals surface area contributed by atoms with Crippen LogP contribution >= 0.6 is 11.6 Å². The second-order valence-electron chi connectivity index (χ2n) is 3.78. The van der Waals surface area contributed by atoms with Gasteiger partial charge >= 0.3 is 0 Å². The molecule has 1 aromatic rings. The fourth-order valence-corrected chi connectivity index (χ4v) is 2.27. The third-order valence-electron chi connectivity index (χ3n) is 2.78. The average Bonchev–Trinajstić information content (AvgIpc) is 2.74. The molecule has 0 bridgehead atoms. The van der Waals surface area contributed by atoms with Crippen molar-refractivity contribution in [3.8, 4) is 5.75 Å². The summed E-state index contributed by atoms with van der Waals surface area (Å²) in [6.45, 7) is 0.727. The summed E-state index contributed by atoms with van der Waals surface area (Å²) in [4.78, 5) is 13.9. The number of nitrogens with zero attached hydrogens (tertiary/aromatic N) is 1. The zero-order valence-corrected chi connectivity index (χ0v) is 9.91. The topological polar surface area (TPSA) is 29.5 Å². The van der Waals surface area contributed by atoms with Crippen LogP contribution in [0.5, 0.6) is 5.75 Å². The lowest BCUT2D eigenvalue weighted by Gasteiger charge is -2.20. The van der Waals surface area contributed by atoms with Gasteiger partial charge in [-0.05, 0) is 25.0 Å². The van der Waals surface area contributed by atoms with Gasteiger partial charge in [0.2, 0.25) is 0 Å². The molecule has 4 heteroatoms. The van der Waals surface area contributed by atoms with Crippen LogP contribution in [0.2, 0.25) is 0 Å². The van der Waals surface area contributed by atoms with Crippen LogP contribution in [-0.4, -0.2) is 30.0 Å². The Hall–Kier alpha value is -1.22. The number of hydrogen-bond donors (Lipinski definition) is 0. The van der Waals surface area contributed by atoms with E-state index in [1.807, 2.05) is 12.1 Å². The predicted octanol–water partition coefficient (Wildman–Crippen LogP) is 2.50. The molecule has 1 aliphatic rings. The van der Waals surface area contributed by atoms with E-state index in [0.717, 1.165) is 19.4 Å². The SMILES string of the molecule is COc1ccccc1C(=O)N1CCCC1Cl. The maximum Gasteiger partial charge on any atom is 0.258 e. The summed E-state index contributed by atoms with van der Waals surface area (Å²) in [5.41, 5.74) is 0.398. The summed E-state index contributed by atoms with van der Waals surface area (Å²) in [7, 11) is 1.56. The van der Waals surface area contributed by atoms with Crippen molar-refractivity contribution in [3.05, 3.63) is 29.8 Å². The van der Waals surface area contributed by atoms with Crippen LogP contribution in [0.1, 0.15) is 23.2 Å². The molecule has 0 spiro atoms. The first-order valence-corrected chi connectivity index (χ1v) is 5.75. The molecule has 2 rings (SSSR count). The highest BCUT2D eigenvalue weighted by Gasteiger charge is 2.28. The van der Waals surface area contributed by atoms with Crippen molar-refractivity contribution in [3.63, 3.8) is 0 Å². The van der Waals surface area contributed by atoms with Gasteiger partial charge in [0, 0.05) is 6.54 Å². The zero-order chi connectivity index (χ0) is 11.5. The molecule has 1 aliphatic heterocycles. The lowest BCUT2D eigenvalue weighted by molar-refractivity contribution is 0.0773. The van der Waals surface area contributed by atoms with Crippen LogP contribution in [0, 0.1) is 0 Å². The maximum atomic E-state index is 12.2. The van der Waals surface area contributed by atoms with Gasteiger partial charge in [0.05, 0.1) is 12.7 Å². The van der Waals surface area contributed by atoms with E-state index in [-0.39, 0.29) is 11.4 Å². The number of benzene rings is 1. The number of amides is 1. The molecular weight excluding hydrogens is 226 g/mol. The first kappa shape index (κ1) is 11.3. The summed E-state index contributed by atoms with van der Waals surface area (Å²) in [6, 6.07) is 7.22. The lowest BCUT2D eigenvalue weighted by atomic mass is 10.2. The fourth-order valence-electron chi connectivity index (χ4n) is 1.93. The highest BCUT2D eigenvalue weighted by atomic mass is 35.5. The van der Waals surface area contributed by atoms with Crippen LogP contribution in [0.3, 0.4) is 0 Å². The lowest BCUT2D eigenvalue weighted by Crippen LogP contribution is -2.32. The highest BCUT2D eigenvalue weighted by molar-refractivity contribution is 6.22. The number of alkyl halides is 1. The summed E-state index contributed by atoms with van der Waals surface area (Å²) >= 11 is 6.08. The van der Waals surface area contributed by atoms with Crippen molar-refractivity contribution in [2.45, 2.75) is 18.3 Å². The smallest absolute Gasteiger partial charge is 0.258 e. The van der Waals surface area contributed by atoms with Gasteiger partial charge in [-0.3, -0.25) is 4.79 Å². The number of carbonyl (C=O) groups is 1. The molecule has 1 heterocycles. The summed E-state index contributed by atoms with van der Waals surface area (Å²) < 4.78 is 5.17. The second-order valence-corrected chi connectivity index (χ2v) is 4.28. The minimum atomic E-state index is -0.183. The molecule has 86 valence electrons. The van der Waals surface area contributed by atoms with E-state index in [9.17, 15) is 4.79 Å². The first-order valence-electron chi connectivity index (χ1n) is 5.32. The molecule has 3 nitrogen and oxygen atoms in total. The normalized spacial score (nSPS) is 19.9. The van der Waals surface area contributed by atoms with Crippen molar-refractivity contribution in [2.75, 3.05) is 13.7 Å². The molecule has 0 saturated carbocycles. The molecule has 16 heavy (non-hydrogen) atoms. The predicted molar refractivity (Wildman–Crippen MR) is 62.9 cm³/mol. The quantitative estimate of drug-likeness (QED) is 0.586. The number of rotatable bonds is 2. The molecule has 1 fully saturated rings. The standard InChI is InChI=1S/C12H14ClNO2/c1-16-10-6-3-2-5-9(10)12(15)14-8-4-7-11(14)13/h2-3,5-6,11H,4,7-8H2,1H3. The third-order valence-corrected chi connectivity index (χ3v) is 3.23. The van der Waals surface area contributed by atoms with Crippen LogP contribution < -0.4 is 4.74 Å². The molecule has 0 aromatic heterocycles. The van der Waals surface area contributed by atoms with Crippen LogP contribution in [-0.2, 0) is 0 Å².